The molecule has 1 aromatic heterocycles. The molecule has 1 aromatic carbocycles. The number of rotatable bonds is 3. The lowest BCUT2D eigenvalue weighted by Crippen LogP contribution is -1.99. The quantitative estimate of drug-likeness (QED) is 0.658. The Balaban J connectivity index is 2.14. The minimum Gasteiger partial charge on any atom is -0.466 e. The van der Waals surface area contributed by atoms with Gasteiger partial charge in [-0.15, -0.1) is 0 Å². The van der Waals surface area contributed by atoms with Gasteiger partial charge in [0.1, 0.15) is 11.5 Å². The Bertz CT molecular complexity index is 570. The fraction of sp³-hybridized carbons (Fsp3) is 0.214. The van der Waals surface area contributed by atoms with Crippen LogP contribution in [0.5, 0.6) is 0 Å². The van der Waals surface area contributed by atoms with Gasteiger partial charge in [0.15, 0.2) is 0 Å². The number of hydrogen-bond acceptors (Lipinski definition) is 3. The second-order valence-corrected chi connectivity index (χ2v) is 4.58. The highest BCUT2D eigenvalue weighted by atomic mass is 35.5. The first-order valence-electron chi connectivity index (χ1n) is 5.69. The van der Waals surface area contributed by atoms with Crippen LogP contribution in [0, 0.1) is 13.8 Å². The lowest BCUT2D eigenvalue weighted by molar-refractivity contribution is 0.504. The molecule has 18 heavy (non-hydrogen) atoms. The number of nitrogens with zero attached hydrogens (tertiary/aromatic N) is 1. The van der Waals surface area contributed by atoms with E-state index in [4.69, 9.17) is 16.0 Å². The van der Waals surface area contributed by atoms with Crippen LogP contribution in [0.3, 0.4) is 0 Å². The summed E-state index contributed by atoms with van der Waals surface area (Å²) in [6.45, 7) is 5.81. The SMILES string of the molecule is C/C(=N/Nc1ccc(Cl)cc1)c1cc(C)oc1C. The Morgan fingerprint density at radius 3 is 2.44 bits per heavy atom. The van der Waals surface area contributed by atoms with Crippen molar-refractivity contribution in [1.82, 2.24) is 0 Å². The van der Waals surface area contributed by atoms with Crippen molar-refractivity contribution in [3.63, 3.8) is 0 Å². The zero-order valence-corrected chi connectivity index (χ0v) is 11.4. The van der Waals surface area contributed by atoms with Gasteiger partial charge in [-0.2, -0.15) is 5.10 Å². The Labute approximate surface area is 111 Å². The molecule has 0 aliphatic rings. The fourth-order valence-electron chi connectivity index (χ4n) is 1.72. The molecule has 3 nitrogen and oxygen atoms in total. The first-order chi connectivity index (χ1) is 8.56. The lowest BCUT2D eigenvalue weighted by atomic mass is 10.2. The van der Waals surface area contributed by atoms with Gasteiger partial charge in [-0.05, 0) is 51.1 Å². The molecule has 0 unspecified atom stereocenters. The van der Waals surface area contributed by atoms with E-state index in [1.165, 1.54) is 0 Å². The van der Waals surface area contributed by atoms with E-state index in [-0.39, 0.29) is 0 Å². The minimum atomic E-state index is 0.711. The van der Waals surface area contributed by atoms with Crippen LogP contribution < -0.4 is 5.43 Å². The molecule has 0 aliphatic heterocycles. The summed E-state index contributed by atoms with van der Waals surface area (Å²) in [4.78, 5) is 0. The highest BCUT2D eigenvalue weighted by Crippen LogP contribution is 2.16. The maximum Gasteiger partial charge on any atom is 0.110 e. The number of benzene rings is 1. The van der Waals surface area contributed by atoms with Gasteiger partial charge in [0, 0.05) is 10.6 Å². The lowest BCUT2D eigenvalue weighted by Gasteiger charge is -2.02. The Morgan fingerprint density at radius 1 is 1.22 bits per heavy atom. The van der Waals surface area contributed by atoms with Gasteiger partial charge >= 0.3 is 0 Å². The van der Waals surface area contributed by atoms with Crippen LogP contribution in [0.2, 0.25) is 5.02 Å². The molecule has 0 saturated heterocycles. The van der Waals surface area contributed by atoms with E-state index < -0.39 is 0 Å². The van der Waals surface area contributed by atoms with Crippen molar-refractivity contribution in [2.75, 3.05) is 5.43 Å². The fourth-order valence-corrected chi connectivity index (χ4v) is 1.85. The number of anilines is 1. The van der Waals surface area contributed by atoms with Gasteiger partial charge in [0.25, 0.3) is 0 Å². The van der Waals surface area contributed by atoms with E-state index in [1.807, 2.05) is 51.1 Å². The van der Waals surface area contributed by atoms with E-state index in [1.54, 1.807) is 0 Å². The van der Waals surface area contributed by atoms with Gasteiger partial charge in [-0.25, -0.2) is 0 Å². The predicted molar refractivity (Wildman–Crippen MR) is 75.5 cm³/mol. The molecular formula is C14H15ClN2O. The number of hydrazone groups is 1. The normalized spacial score (nSPS) is 11.7. The van der Waals surface area contributed by atoms with E-state index >= 15 is 0 Å². The molecular weight excluding hydrogens is 248 g/mol. The van der Waals surface area contributed by atoms with Crippen molar-refractivity contribution in [2.45, 2.75) is 20.8 Å². The van der Waals surface area contributed by atoms with E-state index in [2.05, 4.69) is 10.5 Å². The number of furan rings is 1. The summed E-state index contributed by atoms with van der Waals surface area (Å²) in [5, 5.41) is 5.04. The summed E-state index contributed by atoms with van der Waals surface area (Å²) in [6, 6.07) is 9.39. The summed E-state index contributed by atoms with van der Waals surface area (Å²) >= 11 is 5.82. The molecule has 0 radical (unpaired) electrons. The van der Waals surface area contributed by atoms with Crippen LogP contribution in [0.15, 0.2) is 39.9 Å². The van der Waals surface area contributed by atoms with Crippen LogP contribution in [-0.4, -0.2) is 5.71 Å². The molecule has 0 spiro atoms. The molecule has 0 aliphatic carbocycles. The molecule has 2 rings (SSSR count). The number of nitrogens with one attached hydrogen (secondary N) is 1. The largest absolute Gasteiger partial charge is 0.466 e. The van der Waals surface area contributed by atoms with Crippen LogP contribution in [-0.2, 0) is 0 Å². The van der Waals surface area contributed by atoms with Crippen molar-refractivity contribution in [1.29, 1.82) is 0 Å². The van der Waals surface area contributed by atoms with Crippen LogP contribution >= 0.6 is 11.6 Å². The van der Waals surface area contributed by atoms with Crippen molar-refractivity contribution >= 4 is 23.0 Å². The number of aryl methyl sites for hydroxylation is 2. The molecule has 0 amide bonds. The van der Waals surface area contributed by atoms with Gasteiger partial charge in [-0.1, -0.05) is 11.6 Å². The zero-order valence-electron chi connectivity index (χ0n) is 10.6. The van der Waals surface area contributed by atoms with Crippen molar-refractivity contribution in [2.24, 2.45) is 5.10 Å². The summed E-state index contributed by atoms with van der Waals surface area (Å²) in [6.07, 6.45) is 0. The Morgan fingerprint density at radius 2 is 1.89 bits per heavy atom. The summed E-state index contributed by atoms with van der Waals surface area (Å²) < 4.78 is 5.48. The second kappa shape index (κ2) is 5.27. The molecule has 1 N–H and O–H groups in total. The van der Waals surface area contributed by atoms with Crippen molar-refractivity contribution < 1.29 is 4.42 Å². The smallest absolute Gasteiger partial charge is 0.110 e. The molecule has 0 saturated carbocycles. The van der Waals surface area contributed by atoms with Gasteiger partial charge in [0.05, 0.1) is 11.4 Å². The Kier molecular flexibility index (Phi) is 3.72. The molecule has 2 aromatic rings. The zero-order chi connectivity index (χ0) is 13.1. The molecule has 0 fully saturated rings. The maximum atomic E-state index is 5.82. The van der Waals surface area contributed by atoms with Gasteiger partial charge < -0.3 is 4.42 Å². The van der Waals surface area contributed by atoms with E-state index in [9.17, 15) is 0 Å². The number of hydrogen-bond donors (Lipinski definition) is 1. The average Bonchev–Trinajstić information content (AvgIpc) is 2.67. The van der Waals surface area contributed by atoms with Crippen LogP contribution in [0.25, 0.3) is 0 Å². The standard InChI is InChI=1S/C14H15ClN2O/c1-9-8-14(11(3)18-9)10(2)16-17-13-6-4-12(15)5-7-13/h4-8,17H,1-3H3/b16-10-. The topological polar surface area (TPSA) is 37.5 Å². The highest BCUT2D eigenvalue weighted by Gasteiger charge is 2.07. The first-order valence-corrected chi connectivity index (χ1v) is 6.07. The predicted octanol–water partition coefficient (Wildman–Crippen LogP) is 4.39. The van der Waals surface area contributed by atoms with E-state index in [0.717, 1.165) is 28.5 Å². The monoisotopic (exact) mass is 262 g/mol. The summed E-state index contributed by atoms with van der Waals surface area (Å²) in [5.74, 6) is 1.77. The number of halogens is 1. The van der Waals surface area contributed by atoms with Crippen LogP contribution in [0.4, 0.5) is 5.69 Å². The molecule has 0 atom stereocenters. The molecule has 4 heteroatoms. The third kappa shape index (κ3) is 2.93. The first kappa shape index (κ1) is 12.7. The van der Waals surface area contributed by atoms with Crippen molar-refractivity contribution in [3.05, 3.63) is 52.4 Å². The second-order valence-electron chi connectivity index (χ2n) is 4.14. The highest BCUT2D eigenvalue weighted by molar-refractivity contribution is 6.30. The Hall–Kier alpha value is -1.74. The van der Waals surface area contributed by atoms with Gasteiger partial charge in [0.2, 0.25) is 0 Å². The maximum absolute atomic E-state index is 5.82. The van der Waals surface area contributed by atoms with Crippen LogP contribution in [0.1, 0.15) is 24.0 Å². The molecule has 1 heterocycles. The third-order valence-corrected chi connectivity index (χ3v) is 2.88. The average molecular weight is 263 g/mol. The summed E-state index contributed by atoms with van der Waals surface area (Å²) in [5.41, 5.74) is 5.80. The molecule has 0 bridgehead atoms. The minimum absolute atomic E-state index is 0.711. The van der Waals surface area contributed by atoms with E-state index in [0.29, 0.717) is 5.02 Å². The van der Waals surface area contributed by atoms with Gasteiger partial charge in [-0.3, -0.25) is 5.43 Å². The third-order valence-electron chi connectivity index (χ3n) is 2.63. The summed E-state index contributed by atoms with van der Waals surface area (Å²) in [7, 11) is 0. The molecule has 94 valence electrons. The van der Waals surface area contributed by atoms with Crippen molar-refractivity contribution in [3.8, 4) is 0 Å².